The second-order valence-electron chi connectivity index (χ2n) is 4.17. The van der Waals surface area contributed by atoms with Crippen LogP contribution in [0.4, 0.5) is 0 Å². The zero-order valence-electron chi connectivity index (χ0n) is 10.5. The maximum atomic E-state index is 12.4. The SMILES string of the molecule is CCn1cnc(S(=O)(=O)N2CCOC(C(N)=S)C2)c1. The average Bonchev–Trinajstić information content (AvgIpc) is 2.88. The first-order chi connectivity index (χ1) is 8.95. The Labute approximate surface area is 117 Å². The number of hydrogen-bond donors (Lipinski definition) is 1. The second kappa shape index (κ2) is 5.53. The van der Waals surface area contributed by atoms with Gasteiger partial charge in [-0.15, -0.1) is 0 Å². The van der Waals surface area contributed by atoms with Gasteiger partial charge in [-0.25, -0.2) is 13.4 Å². The van der Waals surface area contributed by atoms with Gasteiger partial charge in [0, 0.05) is 25.8 Å². The molecule has 0 saturated carbocycles. The molecule has 2 N–H and O–H groups in total. The third-order valence-electron chi connectivity index (χ3n) is 2.93. The number of ether oxygens (including phenoxy) is 1. The van der Waals surface area contributed by atoms with Gasteiger partial charge in [0.1, 0.15) is 11.1 Å². The highest BCUT2D eigenvalue weighted by Crippen LogP contribution is 2.17. The number of aryl methyl sites for hydroxylation is 1. The van der Waals surface area contributed by atoms with E-state index in [4.69, 9.17) is 22.7 Å². The van der Waals surface area contributed by atoms with Crippen molar-refractivity contribution in [2.24, 2.45) is 5.73 Å². The minimum Gasteiger partial charge on any atom is -0.391 e. The van der Waals surface area contributed by atoms with Crippen LogP contribution in [0.3, 0.4) is 0 Å². The topological polar surface area (TPSA) is 90.5 Å². The Bertz CT molecular complexity index is 569. The van der Waals surface area contributed by atoms with Crippen LogP contribution in [0.2, 0.25) is 0 Å². The van der Waals surface area contributed by atoms with E-state index in [0.717, 1.165) is 0 Å². The molecule has 9 heteroatoms. The first-order valence-corrected chi connectivity index (χ1v) is 7.73. The van der Waals surface area contributed by atoms with E-state index in [9.17, 15) is 8.42 Å². The fourth-order valence-corrected chi connectivity index (χ4v) is 3.30. The van der Waals surface area contributed by atoms with E-state index < -0.39 is 16.1 Å². The van der Waals surface area contributed by atoms with Crippen LogP contribution in [-0.4, -0.2) is 53.1 Å². The molecule has 1 aromatic heterocycles. The van der Waals surface area contributed by atoms with Gasteiger partial charge in [-0.1, -0.05) is 12.2 Å². The Kier molecular flexibility index (Phi) is 4.19. The largest absolute Gasteiger partial charge is 0.391 e. The lowest BCUT2D eigenvalue weighted by Gasteiger charge is -2.30. The predicted molar refractivity (Wildman–Crippen MR) is 73.2 cm³/mol. The molecule has 7 nitrogen and oxygen atoms in total. The third-order valence-corrected chi connectivity index (χ3v) is 4.94. The molecule has 1 aliphatic heterocycles. The standard InChI is InChI=1S/C10H16N4O3S2/c1-2-13-6-9(12-7-13)19(15,16)14-3-4-17-8(5-14)10(11)18/h6-8H,2-5H2,1H3,(H2,11,18). The van der Waals surface area contributed by atoms with Crippen LogP contribution in [-0.2, 0) is 21.3 Å². The summed E-state index contributed by atoms with van der Waals surface area (Å²) in [6, 6.07) is 0. The van der Waals surface area contributed by atoms with Crippen LogP contribution >= 0.6 is 12.2 Å². The van der Waals surface area contributed by atoms with Crippen molar-refractivity contribution in [1.82, 2.24) is 13.9 Å². The smallest absolute Gasteiger partial charge is 0.262 e. The molecular weight excluding hydrogens is 288 g/mol. The number of thiocarbonyl (C=S) groups is 1. The van der Waals surface area contributed by atoms with Crippen LogP contribution < -0.4 is 5.73 Å². The fourth-order valence-electron chi connectivity index (χ4n) is 1.79. The lowest BCUT2D eigenvalue weighted by molar-refractivity contribution is 0.0385. The van der Waals surface area contributed by atoms with E-state index in [1.54, 1.807) is 4.57 Å². The Morgan fingerprint density at radius 3 is 3.00 bits per heavy atom. The highest BCUT2D eigenvalue weighted by molar-refractivity contribution is 7.89. The van der Waals surface area contributed by atoms with Crippen molar-refractivity contribution in [3.8, 4) is 0 Å². The predicted octanol–water partition coefficient (Wildman–Crippen LogP) is -0.421. The van der Waals surface area contributed by atoms with Gasteiger partial charge >= 0.3 is 0 Å². The van der Waals surface area contributed by atoms with E-state index in [-0.39, 0.29) is 29.7 Å². The molecule has 0 aliphatic carbocycles. The van der Waals surface area contributed by atoms with Crippen molar-refractivity contribution in [1.29, 1.82) is 0 Å². The second-order valence-corrected chi connectivity index (χ2v) is 6.52. The molecule has 1 aromatic rings. The lowest BCUT2D eigenvalue weighted by Crippen LogP contribution is -2.49. The number of nitrogens with two attached hydrogens (primary N) is 1. The number of imidazole rings is 1. The van der Waals surface area contributed by atoms with Crippen molar-refractivity contribution in [2.45, 2.75) is 24.6 Å². The Hall–Kier alpha value is -1.03. The molecule has 1 fully saturated rings. The molecule has 1 unspecified atom stereocenters. The Morgan fingerprint density at radius 2 is 2.42 bits per heavy atom. The van der Waals surface area contributed by atoms with E-state index in [0.29, 0.717) is 6.54 Å². The number of sulfonamides is 1. The summed E-state index contributed by atoms with van der Waals surface area (Å²) in [5.74, 6) is 0. The molecule has 0 amide bonds. The molecule has 0 bridgehead atoms. The van der Waals surface area contributed by atoms with Gasteiger partial charge in [-0.05, 0) is 6.92 Å². The zero-order valence-corrected chi connectivity index (χ0v) is 12.2. The van der Waals surface area contributed by atoms with Gasteiger partial charge < -0.3 is 15.0 Å². The summed E-state index contributed by atoms with van der Waals surface area (Å²) >= 11 is 4.84. The highest BCUT2D eigenvalue weighted by Gasteiger charge is 2.33. The van der Waals surface area contributed by atoms with Gasteiger partial charge in [0.15, 0.2) is 5.03 Å². The van der Waals surface area contributed by atoms with Crippen molar-refractivity contribution < 1.29 is 13.2 Å². The lowest BCUT2D eigenvalue weighted by atomic mass is 10.3. The Morgan fingerprint density at radius 1 is 1.68 bits per heavy atom. The molecule has 1 aliphatic rings. The number of morpholine rings is 1. The van der Waals surface area contributed by atoms with Crippen LogP contribution in [0.15, 0.2) is 17.6 Å². The molecule has 1 atom stereocenters. The molecule has 0 spiro atoms. The molecule has 0 aromatic carbocycles. The van der Waals surface area contributed by atoms with Gasteiger partial charge in [-0.2, -0.15) is 4.31 Å². The first-order valence-electron chi connectivity index (χ1n) is 5.88. The van der Waals surface area contributed by atoms with Crippen LogP contribution in [0.25, 0.3) is 0 Å². The summed E-state index contributed by atoms with van der Waals surface area (Å²) < 4.78 is 33.1. The summed E-state index contributed by atoms with van der Waals surface area (Å²) in [6.07, 6.45) is 2.48. The number of aromatic nitrogens is 2. The van der Waals surface area contributed by atoms with Crippen LogP contribution in [0.5, 0.6) is 0 Å². The van der Waals surface area contributed by atoms with Gasteiger partial charge in [0.2, 0.25) is 0 Å². The van der Waals surface area contributed by atoms with Crippen molar-refractivity contribution in [3.63, 3.8) is 0 Å². The molecule has 1 saturated heterocycles. The van der Waals surface area contributed by atoms with E-state index in [2.05, 4.69) is 4.98 Å². The van der Waals surface area contributed by atoms with Crippen LogP contribution in [0, 0.1) is 0 Å². The summed E-state index contributed by atoms with van der Waals surface area (Å²) in [6.45, 7) is 3.27. The summed E-state index contributed by atoms with van der Waals surface area (Å²) in [5, 5.41) is 0.0398. The maximum absolute atomic E-state index is 12.4. The van der Waals surface area contributed by atoms with E-state index in [1.165, 1.54) is 16.8 Å². The minimum absolute atomic E-state index is 0.0398. The summed E-state index contributed by atoms with van der Waals surface area (Å²) in [4.78, 5) is 4.10. The summed E-state index contributed by atoms with van der Waals surface area (Å²) in [7, 11) is -3.61. The van der Waals surface area contributed by atoms with E-state index in [1.807, 2.05) is 6.92 Å². The van der Waals surface area contributed by atoms with Crippen molar-refractivity contribution in [2.75, 3.05) is 19.7 Å². The maximum Gasteiger partial charge on any atom is 0.262 e. The fraction of sp³-hybridized carbons (Fsp3) is 0.600. The zero-order chi connectivity index (χ0) is 14.0. The minimum atomic E-state index is -3.61. The molecule has 106 valence electrons. The van der Waals surface area contributed by atoms with Gasteiger partial charge in [0.25, 0.3) is 10.0 Å². The first kappa shape index (κ1) is 14.4. The monoisotopic (exact) mass is 304 g/mol. The number of hydrogen-bond acceptors (Lipinski definition) is 5. The normalized spacial score (nSPS) is 21.4. The number of rotatable bonds is 4. The molecule has 19 heavy (non-hydrogen) atoms. The quantitative estimate of drug-likeness (QED) is 0.760. The highest BCUT2D eigenvalue weighted by atomic mass is 32.2. The van der Waals surface area contributed by atoms with Gasteiger partial charge in [-0.3, -0.25) is 0 Å². The molecule has 2 heterocycles. The van der Waals surface area contributed by atoms with Crippen molar-refractivity contribution >= 4 is 27.2 Å². The third kappa shape index (κ3) is 2.94. The van der Waals surface area contributed by atoms with Crippen molar-refractivity contribution in [3.05, 3.63) is 12.5 Å². The molecular formula is C10H16N4O3S2. The van der Waals surface area contributed by atoms with Crippen LogP contribution in [0.1, 0.15) is 6.92 Å². The molecule has 2 rings (SSSR count). The number of nitrogens with zero attached hydrogens (tertiary/aromatic N) is 3. The average molecular weight is 304 g/mol. The Balaban J connectivity index is 2.21. The summed E-state index contributed by atoms with van der Waals surface area (Å²) in [5.41, 5.74) is 5.50. The van der Waals surface area contributed by atoms with E-state index >= 15 is 0 Å². The van der Waals surface area contributed by atoms with Gasteiger partial charge in [0.05, 0.1) is 12.9 Å². The molecule has 0 radical (unpaired) electrons.